The van der Waals surface area contributed by atoms with E-state index < -0.39 is 5.97 Å². The molecule has 0 bridgehead atoms. The Hall–Kier alpha value is -1.77. The van der Waals surface area contributed by atoms with Gasteiger partial charge in [0.05, 0.1) is 6.61 Å². The first-order valence-corrected chi connectivity index (χ1v) is 5.12. The maximum Gasteiger partial charge on any atom is 0.339 e. The highest BCUT2D eigenvalue weighted by atomic mass is 16.5. The van der Waals surface area contributed by atoms with E-state index >= 15 is 0 Å². The average Bonchev–Trinajstić information content (AvgIpc) is 2.16. The third-order valence-electron chi connectivity index (χ3n) is 2.15. The van der Waals surface area contributed by atoms with Crippen LogP contribution in [0.5, 0.6) is 5.75 Å². The lowest BCUT2D eigenvalue weighted by Crippen LogP contribution is -2.05. The van der Waals surface area contributed by atoms with E-state index in [0.29, 0.717) is 12.4 Å². The first-order chi connectivity index (χ1) is 7.50. The van der Waals surface area contributed by atoms with Gasteiger partial charge in [0, 0.05) is 6.42 Å². The lowest BCUT2D eigenvalue weighted by atomic mass is 10.1. The number of benzene rings is 1. The van der Waals surface area contributed by atoms with Crippen LogP contribution in [0.2, 0.25) is 0 Å². The van der Waals surface area contributed by atoms with Gasteiger partial charge in [-0.05, 0) is 31.5 Å². The highest BCUT2D eigenvalue weighted by Crippen LogP contribution is 2.20. The molecule has 0 heterocycles. The van der Waals surface area contributed by atoms with Crippen molar-refractivity contribution in [1.29, 1.82) is 0 Å². The van der Waals surface area contributed by atoms with E-state index in [2.05, 4.69) is 6.58 Å². The van der Waals surface area contributed by atoms with E-state index in [1.54, 1.807) is 18.2 Å². The normalized spacial score (nSPS) is 9.88. The van der Waals surface area contributed by atoms with Crippen molar-refractivity contribution in [2.24, 2.45) is 0 Å². The Labute approximate surface area is 95.4 Å². The fraction of sp³-hybridized carbons (Fsp3) is 0.308. The number of carboxylic acids is 1. The molecular weight excluding hydrogens is 204 g/mol. The molecule has 0 aromatic heterocycles. The second-order valence-electron chi connectivity index (χ2n) is 3.86. The number of aromatic carboxylic acids is 1. The first-order valence-electron chi connectivity index (χ1n) is 5.12. The molecule has 0 aliphatic rings. The monoisotopic (exact) mass is 220 g/mol. The quantitative estimate of drug-likeness (QED) is 0.776. The zero-order valence-electron chi connectivity index (χ0n) is 9.62. The van der Waals surface area contributed by atoms with Gasteiger partial charge < -0.3 is 9.84 Å². The molecule has 0 amide bonds. The van der Waals surface area contributed by atoms with Crippen molar-refractivity contribution in [2.45, 2.75) is 20.3 Å². The van der Waals surface area contributed by atoms with Crippen molar-refractivity contribution < 1.29 is 14.6 Å². The Kier molecular flexibility index (Phi) is 4.11. The summed E-state index contributed by atoms with van der Waals surface area (Å²) in [5.74, 6) is -0.543. The Bertz CT molecular complexity index is 408. The Morgan fingerprint density at radius 1 is 1.50 bits per heavy atom. The van der Waals surface area contributed by atoms with Gasteiger partial charge in [0.2, 0.25) is 0 Å². The number of carbonyl (C=O) groups is 1. The van der Waals surface area contributed by atoms with Gasteiger partial charge in [-0.25, -0.2) is 4.79 Å². The molecule has 3 heteroatoms. The minimum absolute atomic E-state index is 0.201. The smallest absolute Gasteiger partial charge is 0.339 e. The first kappa shape index (κ1) is 12.3. The summed E-state index contributed by atoms with van der Waals surface area (Å²) < 4.78 is 5.45. The lowest BCUT2D eigenvalue weighted by Gasteiger charge is -2.09. The highest BCUT2D eigenvalue weighted by molar-refractivity contribution is 5.90. The van der Waals surface area contributed by atoms with Gasteiger partial charge >= 0.3 is 5.97 Å². The van der Waals surface area contributed by atoms with Crippen LogP contribution in [-0.4, -0.2) is 17.7 Å². The molecule has 0 aliphatic carbocycles. The maximum absolute atomic E-state index is 10.9. The van der Waals surface area contributed by atoms with Crippen LogP contribution in [0.1, 0.15) is 29.3 Å². The van der Waals surface area contributed by atoms with E-state index in [1.165, 1.54) is 0 Å². The summed E-state index contributed by atoms with van der Waals surface area (Å²) in [7, 11) is 0. The molecular formula is C13H16O3. The van der Waals surface area contributed by atoms with Gasteiger partial charge in [-0.1, -0.05) is 11.6 Å². The van der Waals surface area contributed by atoms with Crippen molar-refractivity contribution in [3.8, 4) is 5.75 Å². The SMILES string of the molecule is C=C(C)CCOc1cc(C)ccc1C(=O)O. The number of hydrogen-bond donors (Lipinski definition) is 1. The third kappa shape index (κ3) is 3.42. The molecule has 0 aliphatic heterocycles. The van der Waals surface area contributed by atoms with E-state index in [4.69, 9.17) is 9.84 Å². The van der Waals surface area contributed by atoms with E-state index in [-0.39, 0.29) is 5.56 Å². The summed E-state index contributed by atoms with van der Waals surface area (Å²) in [6.45, 7) is 8.04. The minimum atomic E-state index is -0.967. The Balaban J connectivity index is 2.80. The number of rotatable bonds is 5. The van der Waals surface area contributed by atoms with Crippen LogP contribution in [0.15, 0.2) is 30.4 Å². The van der Waals surface area contributed by atoms with E-state index in [9.17, 15) is 4.79 Å². The molecule has 0 radical (unpaired) electrons. The van der Waals surface area contributed by atoms with Gasteiger partial charge in [0.25, 0.3) is 0 Å². The van der Waals surface area contributed by atoms with Crippen molar-refractivity contribution >= 4 is 5.97 Å². The zero-order valence-corrected chi connectivity index (χ0v) is 9.62. The highest BCUT2D eigenvalue weighted by Gasteiger charge is 2.10. The molecule has 0 fully saturated rings. The molecule has 0 spiro atoms. The molecule has 1 aromatic carbocycles. The van der Waals surface area contributed by atoms with Crippen LogP contribution in [0.3, 0.4) is 0 Å². The topological polar surface area (TPSA) is 46.5 Å². The molecule has 1 N–H and O–H groups in total. The second-order valence-corrected chi connectivity index (χ2v) is 3.86. The summed E-state index contributed by atoms with van der Waals surface area (Å²) in [5.41, 5.74) is 2.20. The molecule has 1 rings (SSSR count). The summed E-state index contributed by atoms with van der Waals surface area (Å²) >= 11 is 0. The maximum atomic E-state index is 10.9. The van der Waals surface area contributed by atoms with Gasteiger partial charge in [-0.3, -0.25) is 0 Å². The Morgan fingerprint density at radius 3 is 2.75 bits per heavy atom. The Morgan fingerprint density at radius 2 is 2.19 bits per heavy atom. The minimum Gasteiger partial charge on any atom is -0.492 e. The van der Waals surface area contributed by atoms with Crippen LogP contribution in [0.4, 0.5) is 0 Å². The van der Waals surface area contributed by atoms with Crippen molar-refractivity contribution in [3.63, 3.8) is 0 Å². The van der Waals surface area contributed by atoms with E-state index in [0.717, 1.165) is 17.6 Å². The molecule has 1 aromatic rings. The number of hydrogen-bond acceptors (Lipinski definition) is 2. The molecule has 0 atom stereocenters. The number of carboxylic acid groups (broad SMARTS) is 1. The summed E-state index contributed by atoms with van der Waals surface area (Å²) in [5, 5.41) is 8.97. The molecule has 0 unspecified atom stereocenters. The largest absolute Gasteiger partial charge is 0.492 e. The number of ether oxygens (including phenoxy) is 1. The van der Waals surface area contributed by atoms with Crippen LogP contribution in [0.25, 0.3) is 0 Å². The average molecular weight is 220 g/mol. The standard InChI is InChI=1S/C13H16O3/c1-9(2)6-7-16-12-8-10(3)4-5-11(12)13(14)15/h4-5,8H,1,6-7H2,2-3H3,(H,14,15). The zero-order chi connectivity index (χ0) is 12.1. The van der Waals surface area contributed by atoms with Crippen LogP contribution >= 0.6 is 0 Å². The lowest BCUT2D eigenvalue weighted by molar-refractivity contribution is 0.0692. The predicted octanol–water partition coefficient (Wildman–Crippen LogP) is 3.04. The van der Waals surface area contributed by atoms with Crippen molar-refractivity contribution in [3.05, 3.63) is 41.5 Å². The van der Waals surface area contributed by atoms with Gasteiger partial charge in [-0.15, -0.1) is 6.58 Å². The van der Waals surface area contributed by atoms with Gasteiger partial charge in [0.15, 0.2) is 0 Å². The van der Waals surface area contributed by atoms with Gasteiger partial charge in [-0.2, -0.15) is 0 Å². The molecule has 0 saturated heterocycles. The van der Waals surface area contributed by atoms with Crippen LogP contribution < -0.4 is 4.74 Å². The number of aryl methyl sites for hydroxylation is 1. The van der Waals surface area contributed by atoms with Gasteiger partial charge in [0.1, 0.15) is 11.3 Å². The fourth-order valence-corrected chi connectivity index (χ4v) is 1.26. The molecule has 3 nitrogen and oxygen atoms in total. The van der Waals surface area contributed by atoms with Crippen LogP contribution in [-0.2, 0) is 0 Å². The predicted molar refractivity (Wildman–Crippen MR) is 63.1 cm³/mol. The summed E-state index contributed by atoms with van der Waals surface area (Å²) in [6, 6.07) is 5.06. The van der Waals surface area contributed by atoms with Crippen molar-refractivity contribution in [2.75, 3.05) is 6.61 Å². The molecule has 86 valence electrons. The second kappa shape index (κ2) is 5.35. The summed E-state index contributed by atoms with van der Waals surface area (Å²) in [6.07, 6.45) is 0.729. The fourth-order valence-electron chi connectivity index (χ4n) is 1.26. The summed E-state index contributed by atoms with van der Waals surface area (Å²) in [4.78, 5) is 10.9. The van der Waals surface area contributed by atoms with Crippen LogP contribution in [0, 0.1) is 6.92 Å². The molecule has 16 heavy (non-hydrogen) atoms. The molecule has 0 saturated carbocycles. The van der Waals surface area contributed by atoms with E-state index in [1.807, 2.05) is 13.8 Å². The van der Waals surface area contributed by atoms with Crippen molar-refractivity contribution in [1.82, 2.24) is 0 Å². The third-order valence-corrected chi connectivity index (χ3v) is 2.15.